The molecule has 0 aliphatic carbocycles. The Morgan fingerprint density at radius 2 is 1.96 bits per heavy atom. The fourth-order valence-electron chi connectivity index (χ4n) is 3.11. The maximum Gasteiger partial charge on any atom is 0.289 e. The van der Waals surface area contributed by atoms with Crippen molar-refractivity contribution in [1.82, 2.24) is 15.4 Å². The molecule has 0 radical (unpaired) electrons. The van der Waals surface area contributed by atoms with E-state index < -0.39 is 0 Å². The van der Waals surface area contributed by atoms with Gasteiger partial charge in [-0.2, -0.15) is 0 Å². The van der Waals surface area contributed by atoms with Crippen LogP contribution in [0.5, 0.6) is 0 Å². The second-order valence-electron chi connectivity index (χ2n) is 6.61. The zero-order valence-corrected chi connectivity index (χ0v) is 14.8. The van der Waals surface area contributed by atoms with Gasteiger partial charge in [-0.25, -0.2) is 0 Å². The normalized spacial score (nSPS) is 16.8. The third kappa shape index (κ3) is 4.46. The van der Waals surface area contributed by atoms with Crippen molar-refractivity contribution >= 4 is 5.91 Å². The third-order valence-electron chi connectivity index (χ3n) is 4.56. The molecule has 2 aromatic rings. The summed E-state index contributed by atoms with van der Waals surface area (Å²) < 4.78 is 10.6. The Kier molecular flexibility index (Phi) is 5.83. The average Bonchev–Trinajstić information content (AvgIpc) is 3.13. The van der Waals surface area contributed by atoms with Crippen LogP contribution in [0.3, 0.4) is 0 Å². The highest BCUT2D eigenvalue weighted by atomic mass is 16.5. The highest BCUT2D eigenvalue weighted by Crippen LogP contribution is 2.18. The van der Waals surface area contributed by atoms with Gasteiger partial charge in [-0.3, -0.25) is 9.69 Å². The largest absolute Gasteiger partial charge is 0.379 e. The van der Waals surface area contributed by atoms with Gasteiger partial charge < -0.3 is 14.6 Å². The zero-order chi connectivity index (χ0) is 17.6. The number of aromatic nitrogens is 1. The van der Waals surface area contributed by atoms with Crippen molar-refractivity contribution in [2.45, 2.75) is 19.9 Å². The monoisotopic (exact) mass is 343 g/mol. The predicted molar refractivity (Wildman–Crippen MR) is 95.3 cm³/mol. The minimum Gasteiger partial charge on any atom is -0.379 e. The molecule has 6 heteroatoms. The second-order valence-corrected chi connectivity index (χ2v) is 6.61. The fourth-order valence-corrected chi connectivity index (χ4v) is 3.11. The molecule has 2 heterocycles. The molecule has 1 aliphatic heterocycles. The first-order valence-corrected chi connectivity index (χ1v) is 8.77. The number of morpholine rings is 1. The van der Waals surface area contributed by atoms with E-state index in [9.17, 15) is 4.79 Å². The summed E-state index contributed by atoms with van der Waals surface area (Å²) in [6.45, 7) is 8.23. The van der Waals surface area contributed by atoms with Gasteiger partial charge in [0.05, 0.1) is 13.2 Å². The number of carbonyl (C=O) groups excluding carboxylic acids is 1. The molecule has 1 aliphatic rings. The summed E-state index contributed by atoms with van der Waals surface area (Å²) in [4.78, 5) is 14.8. The highest BCUT2D eigenvalue weighted by molar-refractivity contribution is 5.92. The lowest BCUT2D eigenvalue weighted by molar-refractivity contribution is 0.00664. The van der Waals surface area contributed by atoms with Gasteiger partial charge in [-0.05, 0) is 5.92 Å². The van der Waals surface area contributed by atoms with Crippen molar-refractivity contribution in [1.29, 1.82) is 0 Å². The Hall–Kier alpha value is -2.18. The maximum absolute atomic E-state index is 12.4. The van der Waals surface area contributed by atoms with Crippen LogP contribution in [0.25, 0.3) is 11.3 Å². The van der Waals surface area contributed by atoms with Gasteiger partial charge in [0.2, 0.25) is 5.76 Å². The van der Waals surface area contributed by atoms with Gasteiger partial charge in [-0.1, -0.05) is 49.3 Å². The lowest BCUT2D eigenvalue weighted by Crippen LogP contribution is -2.51. The molecule has 1 saturated heterocycles. The molecule has 1 atom stereocenters. The molecule has 1 amide bonds. The van der Waals surface area contributed by atoms with E-state index in [1.54, 1.807) is 6.07 Å². The van der Waals surface area contributed by atoms with E-state index in [0.717, 1.165) is 31.9 Å². The minimum absolute atomic E-state index is 0.228. The first-order valence-electron chi connectivity index (χ1n) is 8.77. The predicted octanol–water partition coefficient (Wildman–Crippen LogP) is 2.43. The molecule has 6 nitrogen and oxygen atoms in total. The van der Waals surface area contributed by atoms with Crippen molar-refractivity contribution in [2.24, 2.45) is 5.92 Å². The quantitative estimate of drug-likeness (QED) is 0.872. The van der Waals surface area contributed by atoms with E-state index >= 15 is 0 Å². The van der Waals surface area contributed by atoms with Crippen molar-refractivity contribution in [3.63, 3.8) is 0 Å². The molecule has 1 N–H and O–H groups in total. The van der Waals surface area contributed by atoms with Crippen molar-refractivity contribution in [3.8, 4) is 11.3 Å². The van der Waals surface area contributed by atoms with Crippen LogP contribution in [-0.4, -0.2) is 54.9 Å². The van der Waals surface area contributed by atoms with Crippen LogP contribution in [0.1, 0.15) is 24.4 Å². The molecular weight excluding hydrogens is 318 g/mol. The third-order valence-corrected chi connectivity index (χ3v) is 4.56. The van der Waals surface area contributed by atoms with Gasteiger partial charge in [0.1, 0.15) is 5.69 Å². The summed E-state index contributed by atoms with van der Waals surface area (Å²) in [5, 5.41) is 6.98. The van der Waals surface area contributed by atoms with Crippen molar-refractivity contribution < 1.29 is 14.1 Å². The van der Waals surface area contributed by atoms with Crippen molar-refractivity contribution in [3.05, 3.63) is 42.2 Å². The van der Waals surface area contributed by atoms with Crippen LogP contribution in [0.2, 0.25) is 0 Å². The first-order chi connectivity index (χ1) is 12.1. The highest BCUT2D eigenvalue weighted by Gasteiger charge is 2.25. The molecular formula is C19H25N3O3. The molecule has 0 spiro atoms. The lowest BCUT2D eigenvalue weighted by Gasteiger charge is -2.36. The Bertz CT molecular complexity index is 678. The standard InChI is InChI=1S/C19H25N3O3/c1-14(2)17(22-8-10-24-11-9-22)13-20-19(23)18-12-16(21-25-18)15-6-4-3-5-7-15/h3-7,12,14,17H,8-11,13H2,1-2H3,(H,20,23)/t17-/m1/s1. The molecule has 0 unspecified atom stereocenters. The van der Waals surface area contributed by atoms with Gasteiger partial charge in [0.25, 0.3) is 5.91 Å². The summed E-state index contributed by atoms with van der Waals surface area (Å²) in [7, 11) is 0. The van der Waals surface area contributed by atoms with Gasteiger partial charge >= 0.3 is 0 Å². The van der Waals surface area contributed by atoms with E-state index in [1.807, 2.05) is 30.3 Å². The topological polar surface area (TPSA) is 67.6 Å². The molecule has 25 heavy (non-hydrogen) atoms. The number of ether oxygens (including phenoxy) is 1. The van der Waals surface area contributed by atoms with E-state index in [4.69, 9.17) is 9.26 Å². The van der Waals surface area contributed by atoms with Crippen LogP contribution in [0.15, 0.2) is 40.9 Å². The Morgan fingerprint density at radius 3 is 2.64 bits per heavy atom. The number of benzene rings is 1. The molecule has 3 rings (SSSR count). The summed E-state index contributed by atoms with van der Waals surface area (Å²) in [5.41, 5.74) is 1.60. The number of carbonyl (C=O) groups is 1. The average molecular weight is 343 g/mol. The number of nitrogens with one attached hydrogen (secondary N) is 1. The van der Waals surface area contributed by atoms with Crippen LogP contribution >= 0.6 is 0 Å². The summed E-state index contributed by atoms with van der Waals surface area (Å²) in [6.07, 6.45) is 0. The Balaban J connectivity index is 1.60. The zero-order valence-electron chi connectivity index (χ0n) is 14.8. The van der Waals surface area contributed by atoms with E-state index in [-0.39, 0.29) is 17.7 Å². The molecule has 0 bridgehead atoms. The van der Waals surface area contributed by atoms with E-state index in [1.165, 1.54) is 0 Å². The number of hydrogen-bond acceptors (Lipinski definition) is 5. The minimum atomic E-state index is -0.228. The first kappa shape index (κ1) is 17.6. The number of amides is 1. The summed E-state index contributed by atoms with van der Waals surface area (Å²) >= 11 is 0. The smallest absolute Gasteiger partial charge is 0.289 e. The van der Waals surface area contributed by atoms with E-state index in [2.05, 4.69) is 29.2 Å². The fraction of sp³-hybridized carbons (Fsp3) is 0.474. The van der Waals surface area contributed by atoms with Gasteiger partial charge in [0.15, 0.2) is 0 Å². The number of hydrogen-bond donors (Lipinski definition) is 1. The molecule has 1 fully saturated rings. The van der Waals surface area contributed by atoms with Crippen LogP contribution in [-0.2, 0) is 4.74 Å². The van der Waals surface area contributed by atoms with Crippen LogP contribution in [0.4, 0.5) is 0 Å². The second kappa shape index (κ2) is 8.27. The SMILES string of the molecule is CC(C)[C@@H](CNC(=O)c1cc(-c2ccccc2)no1)N1CCOCC1. The van der Waals surface area contributed by atoms with Crippen molar-refractivity contribution in [2.75, 3.05) is 32.8 Å². The summed E-state index contributed by atoms with van der Waals surface area (Å²) in [5.74, 6) is 0.449. The molecule has 134 valence electrons. The number of rotatable bonds is 6. The number of nitrogens with zero attached hydrogens (tertiary/aromatic N) is 2. The lowest BCUT2D eigenvalue weighted by atomic mass is 10.0. The Labute approximate surface area is 148 Å². The Morgan fingerprint density at radius 1 is 1.24 bits per heavy atom. The molecule has 1 aromatic carbocycles. The maximum atomic E-state index is 12.4. The van der Waals surface area contributed by atoms with E-state index in [0.29, 0.717) is 18.2 Å². The summed E-state index contributed by atoms with van der Waals surface area (Å²) in [6, 6.07) is 11.6. The molecule has 1 aromatic heterocycles. The molecule has 0 saturated carbocycles. The van der Waals surface area contributed by atoms with Crippen LogP contribution in [0, 0.1) is 5.92 Å². The van der Waals surface area contributed by atoms with Gasteiger partial charge in [0, 0.05) is 37.3 Å². The van der Waals surface area contributed by atoms with Crippen LogP contribution < -0.4 is 5.32 Å². The van der Waals surface area contributed by atoms with Gasteiger partial charge in [-0.15, -0.1) is 0 Å².